The molecule has 0 aliphatic carbocycles. The van der Waals surface area contributed by atoms with Gasteiger partial charge in [-0.15, -0.1) is 0 Å². The number of rotatable bonds is 10. The van der Waals surface area contributed by atoms with E-state index in [1.54, 1.807) is 17.0 Å². The average molecular weight is 428 g/mol. The van der Waals surface area contributed by atoms with Gasteiger partial charge in [0.1, 0.15) is 18.1 Å². The first kappa shape index (κ1) is 22.1. The number of para-hydroxylation sites is 1. The molecule has 0 bridgehead atoms. The van der Waals surface area contributed by atoms with E-state index in [0.717, 1.165) is 5.56 Å². The van der Waals surface area contributed by atoms with Crippen molar-refractivity contribution in [2.75, 3.05) is 44.0 Å². The highest BCUT2D eigenvalue weighted by Gasteiger charge is 2.19. The van der Waals surface area contributed by atoms with Crippen molar-refractivity contribution in [2.24, 2.45) is 0 Å². The molecule has 1 aromatic heterocycles. The second kappa shape index (κ2) is 10.4. The smallest absolute Gasteiger partial charge is 0.330 e. The van der Waals surface area contributed by atoms with E-state index in [0.29, 0.717) is 13.2 Å². The van der Waals surface area contributed by atoms with Crippen LogP contribution in [0.4, 0.5) is 15.9 Å². The van der Waals surface area contributed by atoms with Crippen LogP contribution in [0.3, 0.4) is 0 Å². The van der Waals surface area contributed by atoms with Crippen LogP contribution >= 0.6 is 0 Å². The van der Waals surface area contributed by atoms with Gasteiger partial charge in [0.2, 0.25) is 0 Å². The minimum atomic E-state index is -0.603. The van der Waals surface area contributed by atoms with Gasteiger partial charge in [-0.25, -0.2) is 9.18 Å². The minimum Gasteiger partial charge on any atom is -0.489 e. The Morgan fingerprint density at radius 1 is 1.03 bits per heavy atom. The van der Waals surface area contributed by atoms with E-state index in [1.807, 2.05) is 30.3 Å². The monoisotopic (exact) mass is 428 g/mol. The molecule has 2 aromatic carbocycles. The van der Waals surface area contributed by atoms with E-state index < -0.39 is 17.1 Å². The summed E-state index contributed by atoms with van der Waals surface area (Å²) in [6, 6.07) is 15.4. The van der Waals surface area contributed by atoms with Crippen LogP contribution < -0.4 is 26.6 Å². The second-order valence-electron chi connectivity index (χ2n) is 6.82. The Hall–Kier alpha value is -3.59. The maximum absolute atomic E-state index is 13.8. The Bertz CT molecular complexity index is 1110. The minimum absolute atomic E-state index is 0.0413. The van der Waals surface area contributed by atoms with Gasteiger partial charge in [0.15, 0.2) is 11.6 Å². The molecular weight excluding hydrogens is 403 g/mol. The average Bonchev–Trinajstić information content (AvgIpc) is 2.76. The van der Waals surface area contributed by atoms with Crippen LogP contribution in [-0.2, 0) is 11.3 Å². The van der Waals surface area contributed by atoms with Crippen molar-refractivity contribution in [1.82, 2.24) is 9.55 Å². The van der Waals surface area contributed by atoms with Crippen molar-refractivity contribution in [3.05, 3.63) is 86.8 Å². The summed E-state index contributed by atoms with van der Waals surface area (Å²) in [4.78, 5) is 29.0. The molecule has 0 aliphatic heterocycles. The number of nitrogens with two attached hydrogens (primary N) is 1. The number of H-pyrrole nitrogens is 1. The molecule has 31 heavy (non-hydrogen) atoms. The Labute approximate surface area is 178 Å². The highest BCUT2D eigenvalue weighted by molar-refractivity contribution is 5.62. The normalized spacial score (nSPS) is 10.8. The molecule has 0 atom stereocenters. The fourth-order valence-corrected chi connectivity index (χ4v) is 3.17. The summed E-state index contributed by atoms with van der Waals surface area (Å²) in [6.45, 7) is 1.18. The molecule has 0 saturated carbocycles. The van der Waals surface area contributed by atoms with Crippen LogP contribution in [-0.4, -0.2) is 43.0 Å². The second-order valence-corrected chi connectivity index (χ2v) is 6.82. The van der Waals surface area contributed by atoms with E-state index in [-0.39, 0.29) is 37.0 Å². The predicted octanol–water partition coefficient (Wildman–Crippen LogP) is 1.84. The van der Waals surface area contributed by atoms with Crippen LogP contribution in [0.2, 0.25) is 0 Å². The third-order valence-electron chi connectivity index (χ3n) is 4.73. The van der Waals surface area contributed by atoms with Crippen molar-refractivity contribution in [1.29, 1.82) is 0 Å². The zero-order chi connectivity index (χ0) is 22.2. The molecule has 0 spiro atoms. The molecule has 0 amide bonds. The molecule has 164 valence electrons. The lowest BCUT2D eigenvalue weighted by Gasteiger charge is -2.26. The summed E-state index contributed by atoms with van der Waals surface area (Å²) in [5.41, 5.74) is 6.08. The molecule has 3 N–H and O–H groups in total. The number of hydrogen-bond acceptors (Lipinski definition) is 6. The maximum Gasteiger partial charge on any atom is 0.330 e. The van der Waals surface area contributed by atoms with Gasteiger partial charge in [-0.3, -0.25) is 14.3 Å². The number of ether oxygens (including phenoxy) is 2. The number of aromatic nitrogens is 2. The van der Waals surface area contributed by atoms with Crippen molar-refractivity contribution < 1.29 is 13.9 Å². The van der Waals surface area contributed by atoms with Gasteiger partial charge < -0.3 is 20.1 Å². The predicted molar refractivity (Wildman–Crippen MR) is 117 cm³/mol. The number of hydrogen-bond donors (Lipinski definition) is 2. The highest BCUT2D eigenvalue weighted by atomic mass is 19.1. The summed E-state index contributed by atoms with van der Waals surface area (Å²) in [7, 11) is 1.54. The summed E-state index contributed by atoms with van der Waals surface area (Å²) < 4.78 is 25.8. The molecule has 0 fully saturated rings. The molecule has 0 unspecified atom stereocenters. The molecule has 8 nitrogen and oxygen atoms in total. The number of benzene rings is 2. The molecule has 0 saturated heterocycles. The lowest BCUT2D eigenvalue weighted by atomic mass is 10.2. The topological polar surface area (TPSA) is 103 Å². The van der Waals surface area contributed by atoms with Crippen molar-refractivity contribution in [3.63, 3.8) is 0 Å². The molecule has 1 heterocycles. The van der Waals surface area contributed by atoms with Gasteiger partial charge in [-0.2, -0.15) is 0 Å². The number of halogens is 1. The Morgan fingerprint density at radius 2 is 1.71 bits per heavy atom. The van der Waals surface area contributed by atoms with Crippen molar-refractivity contribution in [3.8, 4) is 5.75 Å². The Balaban J connectivity index is 1.87. The van der Waals surface area contributed by atoms with E-state index in [4.69, 9.17) is 15.2 Å². The SMILES string of the molecule is COCCN(CCOc1ccccc1F)c1c(N)n(Cc2ccccc2)c(=O)[nH]c1=O. The molecule has 9 heteroatoms. The van der Waals surface area contributed by atoms with Gasteiger partial charge >= 0.3 is 5.69 Å². The lowest BCUT2D eigenvalue weighted by molar-refractivity contribution is 0.203. The molecule has 0 radical (unpaired) electrons. The number of nitrogen functional groups attached to an aromatic ring is 1. The van der Waals surface area contributed by atoms with Crippen LogP contribution in [0.15, 0.2) is 64.2 Å². The first-order valence-electron chi connectivity index (χ1n) is 9.79. The first-order chi connectivity index (χ1) is 15.0. The van der Waals surface area contributed by atoms with Crippen LogP contribution in [0.1, 0.15) is 5.56 Å². The van der Waals surface area contributed by atoms with Crippen LogP contribution in [0.5, 0.6) is 5.75 Å². The maximum atomic E-state index is 13.8. The third-order valence-corrected chi connectivity index (χ3v) is 4.73. The van der Waals surface area contributed by atoms with E-state index in [9.17, 15) is 14.0 Å². The number of aromatic amines is 1. The number of methoxy groups -OCH3 is 1. The van der Waals surface area contributed by atoms with Gasteiger partial charge in [-0.05, 0) is 17.7 Å². The van der Waals surface area contributed by atoms with E-state index in [2.05, 4.69) is 4.98 Å². The molecule has 3 rings (SSSR count). The number of anilines is 2. The van der Waals surface area contributed by atoms with Gasteiger partial charge in [0, 0.05) is 13.7 Å². The first-order valence-corrected chi connectivity index (χ1v) is 9.79. The lowest BCUT2D eigenvalue weighted by Crippen LogP contribution is -2.41. The number of nitrogens with zero attached hydrogens (tertiary/aromatic N) is 2. The standard InChI is InChI=1S/C22H25FN4O4/c1-30-13-11-26(12-14-31-18-10-6-5-9-17(18)23)19-20(24)27(22(29)25-21(19)28)15-16-7-3-2-4-8-16/h2-10H,11-15,24H2,1H3,(H,25,28,29). The zero-order valence-electron chi connectivity index (χ0n) is 17.2. The summed E-state index contributed by atoms with van der Waals surface area (Å²) in [6.07, 6.45) is 0. The largest absolute Gasteiger partial charge is 0.489 e. The van der Waals surface area contributed by atoms with Crippen LogP contribution in [0, 0.1) is 5.82 Å². The van der Waals surface area contributed by atoms with Crippen LogP contribution in [0.25, 0.3) is 0 Å². The van der Waals surface area contributed by atoms with E-state index >= 15 is 0 Å². The third kappa shape index (κ3) is 5.52. The highest BCUT2D eigenvalue weighted by Crippen LogP contribution is 2.19. The van der Waals surface area contributed by atoms with Gasteiger partial charge in [0.05, 0.1) is 19.7 Å². The Kier molecular flexibility index (Phi) is 7.45. The zero-order valence-corrected chi connectivity index (χ0v) is 17.2. The fraction of sp³-hybridized carbons (Fsp3) is 0.273. The van der Waals surface area contributed by atoms with Crippen molar-refractivity contribution >= 4 is 11.5 Å². The quantitative estimate of drug-likeness (QED) is 0.511. The Morgan fingerprint density at radius 3 is 2.42 bits per heavy atom. The van der Waals surface area contributed by atoms with Crippen molar-refractivity contribution in [2.45, 2.75) is 6.54 Å². The summed E-state index contributed by atoms with van der Waals surface area (Å²) in [5.74, 6) is -0.315. The molecular formula is C22H25FN4O4. The summed E-state index contributed by atoms with van der Waals surface area (Å²) >= 11 is 0. The number of nitrogens with one attached hydrogen (secondary N) is 1. The van der Waals surface area contributed by atoms with Gasteiger partial charge in [0.25, 0.3) is 5.56 Å². The fourth-order valence-electron chi connectivity index (χ4n) is 3.17. The summed E-state index contributed by atoms with van der Waals surface area (Å²) in [5, 5.41) is 0. The van der Waals surface area contributed by atoms with E-state index in [1.165, 1.54) is 23.8 Å². The van der Waals surface area contributed by atoms with Gasteiger partial charge in [-0.1, -0.05) is 42.5 Å². The molecule has 0 aliphatic rings. The molecule has 3 aromatic rings.